The normalized spacial score (nSPS) is 16.9. The van der Waals surface area contributed by atoms with Crippen LogP contribution in [0.4, 0.5) is 0 Å². The predicted octanol–water partition coefficient (Wildman–Crippen LogP) is 4.65. The van der Waals surface area contributed by atoms with E-state index in [4.69, 9.17) is 8.83 Å². The van der Waals surface area contributed by atoms with Crippen molar-refractivity contribution in [2.75, 3.05) is 13.1 Å². The lowest BCUT2D eigenvalue weighted by Gasteiger charge is -2.23. The Bertz CT molecular complexity index is 776. The molecule has 1 aromatic carbocycles. The summed E-state index contributed by atoms with van der Waals surface area (Å²) in [6.07, 6.45) is 3.57. The SMILES string of the molecule is Cc1cc2c(CC3CCNCC3)c3oc(C)cc3c(C)c2o1. The molecule has 3 heteroatoms. The van der Waals surface area contributed by atoms with E-state index in [0.717, 1.165) is 48.1 Å². The summed E-state index contributed by atoms with van der Waals surface area (Å²) in [6, 6.07) is 4.32. The van der Waals surface area contributed by atoms with E-state index in [1.165, 1.54) is 34.7 Å². The molecular formula is C19H23NO2. The van der Waals surface area contributed by atoms with E-state index in [0.29, 0.717) is 0 Å². The fourth-order valence-electron chi connectivity index (χ4n) is 3.86. The molecule has 3 heterocycles. The summed E-state index contributed by atoms with van der Waals surface area (Å²) in [5.41, 5.74) is 4.65. The van der Waals surface area contributed by atoms with Crippen molar-refractivity contribution in [1.29, 1.82) is 0 Å². The fraction of sp³-hybridized carbons (Fsp3) is 0.474. The van der Waals surface area contributed by atoms with Crippen LogP contribution in [0.1, 0.15) is 35.5 Å². The van der Waals surface area contributed by atoms with E-state index in [1.54, 1.807) is 0 Å². The molecule has 1 fully saturated rings. The molecule has 22 heavy (non-hydrogen) atoms. The summed E-state index contributed by atoms with van der Waals surface area (Å²) in [7, 11) is 0. The highest BCUT2D eigenvalue weighted by atomic mass is 16.3. The third-order valence-corrected chi connectivity index (χ3v) is 5.01. The summed E-state index contributed by atoms with van der Waals surface area (Å²) < 4.78 is 12.1. The second kappa shape index (κ2) is 5.17. The molecule has 3 nitrogen and oxygen atoms in total. The highest BCUT2D eigenvalue weighted by Crippen LogP contribution is 2.38. The number of aryl methyl sites for hydroxylation is 3. The van der Waals surface area contributed by atoms with Gasteiger partial charge in [0.05, 0.1) is 0 Å². The molecule has 0 saturated carbocycles. The molecular weight excluding hydrogens is 274 g/mol. The Morgan fingerprint density at radius 2 is 1.59 bits per heavy atom. The van der Waals surface area contributed by atoms with Crippen molar-refractivity contribution in [3.05, 3.63) is 34.8 Å². The Morgan fingerprint density at radius 3 is 2.32 bits per heavy atom. The molecule has 116 valence electrons. The number of benzene rings is 1. The standard InChI is InChI=1S/C19H23NO2/c1-11-8-15-13(3)18-16(9-12(2)21-18)17(19(15)22-11)10-14-4-6-20-7-5-14/h8-9,14,20H,4-7,10H2,1-3H3. The Morgan fingerprint density at radius 1 is 0.955 bits per heavy atom. The van der Waals surface area contributed by atoms with Crippen molar-refractivity contribution in [2.45, 2.75) is 40.0 Å². The van der Waals surface area contributed by atoms with Crippen molar-refractivity contribution in [2.24, 2.45) is 5.92 Å². The third kappa shape index (κ3) is 2.15. The van der Waals surface area contributed by atoms with E-state index in [2.05, 4.69) is 24.4 Å². The monoisotopic (exact) mass is 297 g/mol. The number of hydrogen-bond acceptors (Lipinski definition) is 3. The molecule has 0 unspecified atom stereocenters. The molecule has 0 bridgehead atoms. The topological polar surface area (TPSA) is 38.3 Å². The summed E-state index contributed by atoms with van der Waals surface area (Å²) >= 11 is 0. The molecule has 2 aromatic heterocycles. The van der Waals surface area contributed by atoms with E-state index in [1.807, 2.05) is 13.8 Å². The molecule has 0 atom stereocenters. The van der Waals surface area contributed by atoms with Crippen LogP contribution in [0.5, 0.6) is 0 Å². The zero-order valence-corrected chi connectivity index (χ0v) is 13.6. The molecule has 4 rings (SSSR count). The zero-order valence-electron chi connectivity index (χ0n) is 13.6. The molecule has 1 aliphatic heterocycles. The second-order valence-corrected chi connectivity index (χ2v) is 6.70. The van der Waals surface area contributed by atoms with Crippen LogP contribution in [0, 0.1) is 26.7 Å². The van der Waals surface area contributed by atoms with Crippen molar-refractivity contribution in [3.8, 4) is 0 Å². The lowest BCUT2D eigenvalue weighted by Crippen LogP contribution is -2.28. The quantitative estimate of drug-likeness (QED) is 0.748. The van der Waals surface area contributed by atoms with Gasteiger partial charge < -0.3 is 14.2 Å². The molecule has 0 amide bonds. The van der Waals surface area contributed by atoms with Crippen LogP contribution < -0.4 is 5.32 Å². The second-order valence-electron chi connectivity index (χ2n) is 6.70. The minimum Gasteiger partial charge on any atom is -0.461 e. The van der Waals surface area contributed by atoms with Gasteiger partial charge >= 0.3 is 0 Å². The van der Waals surface area contributed by atoms with Gasteiger partial charge in [-0.25, -0.2) is 0 Å². The van der Waals surface area contributed by atoms with Crippen LogP contribution in [0.25, 0.3) is 21.9 Å². The molecule has 0 radical (unpaired) electrons. The highest BCUT2D eigenvalue weighted by molar-refractivity contribution is 6.01. The predicted molar refractivity (Wildman–Crippen MR) is 89.5 cm³/mol. The lowest BCUT2D eigenvalue weighted by molar-refractivity contribution is 0.373. The molecule has 1 aliphatic rings. The van der Waals surface area contributed by atoms with E-state index >= 15 is 0 Å². The van der Waals surface area contributed by atoms with E-state index in [9.17, 15) is 0 Å². The van der Waals surface area contributed by atoms with Crippen LogP contribution in [-0.2, 0) is 6.42 Å². The number of rotatable bonds is 2. The average molecular weight is 297 g/mol. The van der Waals surface area contributed by atoms with E-state index in [-0.39, 0.29) is 0 Å². The minimum atomic E-state index is 0.732. The minimum absolute atomic E-state index is 0.732. The van der Waals surface area contributed by atoms with Crippen LogP contribution in [0.15, 0.2) is 21.0 Å². The van der Waals surface area contributed by atoms with Crippen LogP contribution in [-0.4, -0.2) is 13.1 Å². The average Bonchev–Trinajstić information content (AvgIpc) is 3.08. The van der Waals surface area contributed by atoms with Gasteiger partial charge in [0, 0.05) is 21.9 Å². The van der Waals surface area contributed by atoms with Crippen molar-refractivity contribution < 1.29 is 8.83 Å². The Balaban J connectivity index is 1.93. The zero-order chi connectivity index (χ0) is 15.3. The molecule has 0 spiro atoms. The Kier molecular flexibility index (Phi) is 3.26. The van der Waals surface area contributed by atoms with Gasteiger partial charge in [-0.2, -0.15) is 0 Å². The van der Waals surface area contributed by atoms with Crippen molar-refractivity contribution in [3.63, 3.8) is 0 Å². The van der Waals surface area contributed by atoms with Crippen molar-refractivity contribution in [1.82, 2.24) is 5.32 Å². The van der Waals surface area contributed by atoms with Crippen LogP contribution in [0.2, 0.25) is 0 Å². The fourth-order valence-corrected chi connectivity index (χ4v) is 3.86. The van der Waals surface area contributed by atoms with Gasteiger partial charge in [0.15, 0.2) is 0 Å². The summed E-state index contributed by atoms with van der Waals surface area (Å²) in [5.74, 6) is 2.69. The maximum Gasteiger partial charge on any atom is 0.138 e. The van der Waals surface area contributed by atoms with Gasteiger partial charge in [-0.3, -0.25) is 0 Å². The van der Waals surface area contributed by atoms with Crippen LogP contribution in [0.3, 0.4) is 0 Å². The van der Waals surface area contributed by atoms with Gasteiger partial charge in [-0.05, 0) is 71.2 Å². The van der Waals surface area contributed by atoms with Gasteiger partial charge in [0.25, 0.3) is 0 Å². The van der Waals surface area contributed by atoms with Gasteiger partial charge in [0.2, 0.25) is 0 Å². The first-order valence-corrected chi connectivity index (χ1v) is 8.26. The number of hydrogen-bond donors (Lipinski definition) is 1. The third-order valence-electron chi connectivity index (χ3n) is 5.01. The number of piperidine rings is 1. The highest BCUT2D eigenvalue weighted by Gasteiger charge is 2.22. The molecule has 3 aromatic rings. The summed E-state index contributed by atoms with van der Waals surface area (Å²) in [4.78, 5) is 0. The number of fused-ring (bicyclic) bond motifs is 2. The maximum atomic E-state index is 6.08. The number of furan rings is 2. The van der Waals surface area contributed by atoms with E-state index < -0.39 is 0 Å². The lowest BCUT2D eigenvalue weighted by atomic mass is 9.88. The number of nitrogens with one attached hydrogen (secondary N) is 1. The largest absolute Gasteiger partial charge is 0.461 e. The van der Waals surface area contributed by atoms with Gasteiger partial charge in [-0.15, -0.1) is 0 Å². The maximum absolute atomic E-state index is 6.08. The first kappa shape index (κ1) is 13.9. The Hall–Kier alpha value is -1.74. The first-order chi connectivity index (χ1) is 10.6. The van der Waals surface area contributed by atoms with Gasteiger partial charge in [-0.1, -0.05) is 0 Å². The Labute approximate surface area is 130 Å². The smallest absolute Gasteiger partial charge is 0.138 e. The van der Waals surface area contributed by atoms with Crippen LogP contribution >= 0.6 is 0 Å². The molecule has 1 saturated heterocycles. The van der Waals surface area contributed by atoms with Crippen molar-refractivity contribution >= 4 is 21.9 Å². The molecule has 0 aliphatic carbocycles. The van der Waals surface area contributed by atoms with Gasteiger partial charge in [0.1, 0.15) is 22.7 Å². The first-order valence-electron chi connectivity index (χ1n) is 8.26. The summed E-state index contributed by atoms with van der Waals surface area (Å²) in [5, 5.41) is 5.91. The summed E-state index contributed by atoms with van der Waals surface area (Å²) in [6.45, 7) is 8.45. The molecule has 1 N–H and O–H groups in total.